The van der Waals surface area contributed by atoms with Crippen molar-refractivity contribution in [1.29, 1.82) is 0 Å². The van der Waals surface area contributed by atoms with Gasteiger partial charge in [0.2, 0.25) is 5.91 Å². The summed E-state index contributed by atoms with van der Waals surface area (Å²) >= 11 is 0. The number of carbonyl (C=O) groups is 2. The van der Waals surface area contributed by atoms with Crippen molar-refractivity contribution in [2.45, 2.75) is 27.7 Å². The summed E-state index contributed by atoms with van der Waals surface area (Å²) in [5, 5.41) is 3.42. The quantitative estimate of drug-likeness (QED) is 0.562. The van der Waals surface area contributed by atoms with Crippen LogP contribution in [0.25, 0.3) is 16.6 Å². The van der Waals surface area contributed by atoms with Gasteiger partial charge in [-0.15, -0.1) is 0 Å². The maximum atomic E-state index is 12.6. The number of anilines is 1. The molecular weight excluding hydrogens is 348 g/mol. The van der Waals surface area contributed by atoms with E-state index in [9.17, 15) is 14.4 Å². The molecular formula is C19H20N4O4. The highest BCUT2D eigenvalue weighted by atomic mass is 16.5. The number of ether oxygens (including phenoxy) is 1. The second-order valence-electron chi connectivity index (χ2n) is 7.07. The number of nitrogens with one attached hydrogen (secondary N) is 1. The number of hydrogen-bond acceptors (Lipinski definition) is 6. The minimum Gasteiger partial charge on any atom is -0.462 e. The van der Waals surface area contributed by atoms with Gasteiger partial charge in [0, 0.05) is 22.7 Å². The minimum absolute atomic E-state index is 0.134. The molecule has 0 radical (unpaired) electrons. The smallest absolute Gasteiger partial charge is 0.345 e. The van der Waals surface area contributed by atoms with E-state index in [1.54, 1.807) is 25.1 Å². The van der Waals surface area contributed by atoms with Crippen LogP contribution in [0.4, 0.5) is 5.69 Å². The van der Waals surface area contributed by atoms with Crippen LogP contribution in [0.3, 0.4) is 0 Å². The van der Waals surface area contributed by atoms with Gasteiger partial charge in [-0.2, -0.15) is 0 Å². The van der Waals surface area contributed by atoms with Crippen LogP contribution in [-0.2, 0) is 9.53 Å². The third-order valence-corrected chi connectivity index (χ3v) is 3.98. The van der Waals surface area contributed by atoms with Gasteiger partial charge in [-0.1, -0.05) is 20.8 Å². The van der Waals surface area contributed by atoms with Crippen molar-refractivity contribution < 1.29 is 14.3 Å². The van der Waals surface area contributed by atoms with E-state index in [1.807, 2.05) is 20.8 Å². The number of amides is 1. The Morgan fingerprint density at radius 1 is 1.22 bits per heavy atom. The zero-order chi connectivity index (χ0) is 19.8. The highest BCUT2D eigenvalue weighted by Crippen LogP contribution is 2.23. The molecule has 2 heterocycles. The predicted octanol–water partition coefficient (Wildman–Crippen LogP) is 2.40. The van der Waals surface area contributed by atoms with Crippen LogP contribution >= 0.6 is 0 Å². The first-order valence-corrected chi connectivity index (χ1v) is 8.51. The molecule has 0 saturated carbocycles. The van der Waals surface area contributed by atoms with Gasteiger partial charge in [0.25, 0.3) is 5.56 Å². The van der Waals surface area contributed by atoms with Crippen LogP contribution in [0, 0.1) is 5.41 Å². The molecule has 140 valence electrons. The Kier molecular flexibility index (Phi) is 4.65. The van der Waals surface area contributed by atoms with E-state index < -0.39 is 16.9 Å². The van der Waals surface area contributed by atoms with Gasteiger partial charge in [0.15, 0.2) is 0 Å². The normalized spacial score (nSPS) is 11.6. The predicted molar refractivity (Wildman–Crippen MR) is 101 cm³/mol. The van der Waals surface area contributed by atoms with Gasteiger partial charge in [0.05, 0.1) is 12.1 Å². The summed E-state index contributed by atoms with van der Waals surface area (Å²) < 4.78 is 6.08. The van der Waals surface area contributed by atoms with E-state index in [0.717, 1.165) is 0 Å². The topological polar surface area (TPSA) is 103 Å². The molecule has 8 nitrogen and oxygen atoms in total. The molecule has 8 heteroatoms. The van der Waals surface area contributed by atoms with E-state index in [4.69, 9.17) is 4.74 Å². The number of nitrogens with zero attached hydrogens (tertiary/aromatic N) is 3. The maximum absolute atomic E-state index is 12.6. The number of benzene rings is 1. The molecule has 3 rings (SSSR count). The second-order valence-corrected chi connectivity index (χ2v) is 7.07. The molecule has 0 atom stereocenters. The summed E-state index contributed by atoms with van der Waals surface area (Å²) in [7, 11) is 0. The lowest BCUT2D eigenvalue weighted by molar-refractivity contribution is -0.123. The number of fused-ring (bicyclic) bond motifs is 3. The molecule has 27 heavy (non-hydrogen) atoms. The van der Waals surface area contributed by atoms with Crippen molar-refractivity contribution in [2.24, 2.45) is 5.41 Å². The third-order valence-electron chi connectivity index (χ3n) is 3.98. The monoisotopic (exact) mass is 368 g/mol. The Morgan fingerprint density at radius 2 is 1.96 bits per heavy atom. The van der Waals surface area contributed by atoms with E-state index in [2.05, 4.69) is 15.3 Å². The fraction of sp³-hybridized carbons (Fsp3) is 0.316. The van der Waals surface area contributed by atoms with Crippen molar-refractivity contribution >= 4 is 34.1 Å². The minimum atomic E-state index is -0.726. The zero-order valence-corrected chi connectivity index (χ0v) is 15.6. The van der Waals surface area contributed by atoms with Crippen LogP contribution in [0.2, 0.25) is 0 Å². The molecule has 0 unspecified atom stereocenters. The van der Waals surface area contributed by atoms with Crippen LogP contribution in [-0.4, -0.2) is 32.9 Å². The van der Waals surface area contributed by atoms with Crippen molar-refractivity contribution in [3.63, 3.8) is 0 Å². The van der Waals surface area contributed by atoms with Crippen LogP contribution < -0.4 is 10.9 Å². The Bertz CT molecular complexity index is 1110. The van der Waals surface area contributed by atoms with Crippen molar-refractivity contribution in [2.75, 3.05) is 11.9 Å². The first kappa shape index (κ1) is 18.5. The summed E-state index contributed by atoms with van der Waals surface area (Å²) in [6.07, 6.45) is 2.53. The molecule has 1 N–H and O–H groups in total. The van der Waals surface area contributed by atoms with Crippen molar-refractivity contribution in [3.8, 4) is 0 Å². The van der Waals surface area contributed by atoms with Gasteiger partial charge >= 0.3 is 5.97 Å². The standard InChI is InChI=1S/C19H20N4O4/c1-5-27-17(25)13-9-20-15-12-8-11(22-18(26)19(2,3)4)6-7-14(12)21-10-23(15)16(13)24/h6-10H,5H2,1-4H3,(H,22,26). The van der Waals surface area contributed by atoms with Gasteiger partial charge in [0.1, 0.15) is 17.5 Å². The highest BCUT2D eigenvalue weighted by molar-refractivity contribution is 5.99. The van der Waals surface area contributed by atoms with Gasteiger partial charge in [-0.3, -0.25) is 9.59 Å². The van der Waals surface area contributed by atoms with Gasteiger partial charge in [-0.25, -0.2) is 19.2 Å². The first-order chi connectivity index (χ1) is 12.7. The Hall–Kier alpha value is -3.29. The van der Waals surface area contributed by atoms with Crippen molar-refractivity contribution in [3.05, 3.63) is 46.6 Å². The Balaban J connectivity index is 2.14. The average molecular weight is 368 g/mol. The Labute approximate surface area is 155 Å². The molecule has 0 aliphatic rings. The van der Waals surface area contributed by atoms with Crippen LogP contribution in [0.15, 0.2) is 35.5 Å². The Morgan fingerprint density at radius 3 is 2.63 bits per heavy atom. The fourth-order valence-corrected chi connectivity index (χ4v) is 2.47. The molecule has 1 aromatic carbocycles. The number of rotatable bonds is 3. The molecule has 0 bridgehead atoms. The molecule has 0 spiro atoms. The number of esters is 1. The van der Waals surface area contributed by atoms with E-state index in [0.29, 0.717) is 22.2 Å². The molecule has 0 fully saturated rings. The molecule has 0 saturated heterocycles. The maximum Gasteiger partial charge on any atom is 0.345 e. The van der Waals surface area contributed by atoms with Crippen LogP contribution in [0.5, 0.6) is 0 Å². The van der Waals surface area contributed by atoms with E-state index in [1.165, 1.54) is 16.9 Å². The van der Waals surface area contributed by atoms with E-state index in [-0.39, 0.29) is 18.1 Å². The van der Waals surface area contributed by atoms with Crippen LogP contribution in [0.1, 0.15) is 38.1 Å². The van der Waals surface area contributed by atoms with Gasteiger partial charge in [-0.05, 0) is 25.1 Å². The molecule has 0 aliphatic carbocycles. The number of carbonyl (C=O) groups excluding carboxylic acids is 2. The molecule has 2 aromatic heterocycles. The first-order valence-electron chi connectivity index (χ1n) is 8.51. The highest BCUT2D eigenvalue weighted by Gasteiger charge is 2.21. The SMILES string of the molecule is CCOC(=O)c1cnc2c3cc(NC(=O)C(C)(C)C)ccc3ncn2c1=O. The lowest BCUT2D eigenvalue weighted by Gasteiger charge is -2.18. The number of hydrogen-bond donors (Lipinski definition) is 1. The second kappa shape index (κ2) is 6.79. The van der Waals surface area contributed by atoms with Gasteiger partial charge < -0.3 is 10.1 Å². The van der Waals surface area contributed by atoms with E-state index >= 15 is 0 Å². The summed E-state index contributed by atoms with van der Waals surface area (Å²) in [5.41, 5.74) is 0.255. The van der Waals surface area contributed by atoms with Crippen molar-refractivity contribution in [1.82, 2.24) is 14.4 Å². The number of aromatic nitrogens is 3. The summed E-state index contributed by atoms with van der Waals surface area (Å²) in [4.78, 5) is 45.2. The summed E-state index contributed by atoms with van der Waals surface area (Å²) in [6, 6.07) is 5.18. The lowest BCUT2D eigenvalue weighted by atomic mass is 9.95. The fourth-order valence-electron chi connectivity index (χ4n) is 2.47. The lowest BCUT2D eigenvalue weighted by Crippen LogP contribution is -2.27. The zero-order valence-electron chi connectivity index (χ0n) is 15.6. The average Bonchev–Trinajstić information content (AvgIpc) is 2.61. The molecule has 3 aromatic rings. The molecule has 1 amide bonds. The summed E-state index contributed by atoms with van der Waals surface area (Å²) in [6.45, 7) is 7.27. The molecule has 0 aliphatic heterocycles. The largest absolute Gasteiger partial charge is 0.462 e. The third kappa shape index (κ3) is 3.51. The summed E-state index contributed by atoms with van der Waals surface area (Å²) in [5.74, 6) is -0.861.